The Hall–Kier alpha value is -7.59. The summed E-state index contributed by atoms with van der Waals surface area (Å²) in [6.45, 7) is 0. The van der Waals surface area contributed by atoms with Gasteiger partial charge in [-0.1, -0.05) is 224 Å². The molecule has 0 fully saturated rings. The number of hydrogen-bond acceptors (Lipinski definition) is 1. The number of benzene rings is 10. The number of hydrogen-bond donors (Lipinski definition) is 0. The molecule has 2 nitrogen and oxygen atoms in total. The quantitative estimate of drug-likeness (QED) is 0.0851. The van der Waals surface area contributed by atoms with Crippen molar-refractivity contribution in [2.24, 2.45) is 7.05 Å². The Balaban J connectivity index is 1.10. The molecule has 1 heterocycles. The van der Waals surface area contributed by atoms with Gasteiger partial charge in [0.1, 0.15) is 5.82 Å². The first-order chi connectivity index (χ1) is 30.2. The average Bonchev–Trinajstić information content (AvgIpc) is 3.67. The zero-order chi connectivity index (χ0) is 40.8. The van der Waals surface area contributed by atoms with E-state index in [0.717, 1.165) is 22.4 Å². The number of aromatic nitrogens is 2. The number of fused-ring (bicyclic) bond motifs is 3. The fourth-order valence-electron chi connectivity index (χ4n) is 9.83. The van der Waals surface area contributed by atoms with Crippen molar-refractivity contribution in [3.8, 4) is 44.8 Å². The molecule has 0 aliphatic rings. The molecule has 0 spiro atoms. The minimum absolute atomic E-state index is 0.950. The summed E-state index contributed by atoms with van der Waals surface area (Å²) in [7, 11) is -0.532. The van der Waals surface area contributed by atoms with Crippen molar-refractivity contribution >= 4 is 61.4 Å². The highest BCUT2D eigenvalue weighted by atomic mass is 28.3. The first-order valence-electron chi connectivity index (χ1n) is 21.0. The molecule has 3 heteroatoms. The lowest BCUT2D eigenvalue weighted by Gasteiger charge is -2.34. The van der Waals surface area contributed by atoms with E-state index >= 15 is 0 Å². The molecule has 0 aliphatic heterocycles. The predicted molar refractivity (Wildman–Crippen MR) is 261 cm³/mol. The van der Waals surface area contributed by atoms with E-state index in [1.54, 1.807) is 0 Å². The highest BCUT2D eigenvalue weighted by molar-refractivity contribution is 7.19. The van der Waals surface area contributed by atoms with Crippen LogP contribution in [0, 0.1) is 0 Å². The summed E-state index contributed by atoms with van der Waals surface area (Å²) in [5.41, 5.74) is 10.4. The van der Waals surface area contributed by atoms with Gasteiger partial charge in [0.05, 0.1) is 11.0 Å². The lowest BCUT2D eigenvalue weighted by atomic mass is 9.84. The van der Waals surface area contributed by atoms with Crippen LogP contribution in [0.3, 0.4) is 0 Å². The van der Waals surface area contributed by atoms with E-state index in [9.17, 15) is 0 Å². The number of imidazole rings is 1. The first kappa shape index (κ1) is 36.5. The zero-order valence-corrected chi connectivity index (χ0v) is 34.9. The molecule has 1 aromatic heterocycles. The smallest absolute Gasteiger partial charge is 0.179 e. The van der Waals surface area contributed by atoms with Gasteiger partial charge in [0, 0.05) is 12.6 Å². The average molecular weight is 795 g/mol. The topological polar surface area (TPSA) is 17.8 Å². The van der Waals surface area contributed by atoms with Gasteiger partial charge in [-0.3, -0.25) is 0 Å². The molecular formula is C58H42N2Si. The standard InChI is InChI=1S/C58H42N2Si/c1-60-55-39-36-43(41-20-6-2-7-21-41)40-54(55)59-58(60)53-33-19-18-32-52(53)57-50-30-16-14-28-48(50)56(49-29-15-17-31-51(49)57)42-34-37-47(38-35-42)61(44-22-8-3-9-23-44,45-24-10-4-11-25-45)46-26-12-5-13-27-46/h2-40H,1H3. The fraction of sp³-hybridized carbons (Fsp3) is 0.0172. The number of aryl methyl sites for hydroxylation is 1. The van der Waals surface area contributed by atoms with Gasteiger partial charge in [-0.25, -0.2) is 4.98 Å². The van der Waals surface area contributed by atoms with Gasteiger partial charge in [-0.15, -0.1) is 0 Å². The lowest BCUT2D eigenvalue weighted by molar-refractivity contribution is 0.960. The van der Waals surface area contributed by atoms with Crippen molar-refractivity contribution in [2.45, 2.75) is 0 Å². The molecule has 61 heavy (non-hydrogen) atoms. The van der Waals surface area contributed by atoms with Crippen LogP contribution in [-0.4, -0.2) is 17.6 Å². The normalized spacial score (nSPS) is 11.7. The fourth-order valence-corrected chi connectivity index (χ4v) is 14.6. The van der Waals surface area contributed by atoms with Crippen molar-refractivity contribution in [1.29, 1.82) is 0 Å². The summed E-state index contributed by atoms with van der Waals surface area (Å²) in [5, 5.41) is 10.4. The highest BCUT2D eigenvalue weighted by Crippen LogP contribution is 2.46. The van der Waals surface area contributed by atoms with Gasteiger partial charge in [0.15, 0.2) is 8.07 Å². The maximum Gasteiger partial charge on any atom is 0.179 e. The Kier molecular flexibility index (Phi) is 9.10. The number of rotatable bonds is 8. The second kappa shape index (κ2) is 15.2. The van der Waals surface area contributed by atoms with Gasteiger partial charge in [-0.05, 0) is 87.8 Å². The monoisotopic (exact) mass is 794 g/mol. The van der Waals surface area contributed by atoms with E-state index < -0.39 is 8.07 Å². The third-order valence-electron chi connectivity index (χ3n) is 12.6. The molecule has 0 saturated heterocycles. The van der Waals surface area contributed by atoms with Crippen LogP contribution in [0.1, 0.15) is 0 Å². The minimum Gasteiger partial charge on any atom is -0.327 e. The molecule has 0 radical (unpaired) electrons. The summed E-state index contributed by atoms with van der Waals surface area (Å²) in [6.07, 6.45) is 0. The van der Waals surface area contributed by atoms with Gasteiger partial charge in [0.2, 0.25) is 0 Å². The second-order valence-electron chi connectivity index (χ2n) is 15.9. The molecule has 0 aliphatic carbocycles. The van der Waals surface area contributed by atoms with E-state index in [-0.39, 0.29) is 0 Å². The third kappa shape index (κ3) is 6.05. The molecule has 10 aromatic carbocycles. The highest BCUT2D eigenvalue weighted by Gasteiger charge is 2.41. The largest absolute Gasteiger partial charge is 0.327 e. The summed E-state index contributed by atoms with van der Waals surface area (Å²) in [4.78, 5) is 5.34. The van der Waals surface area contributed by atoms with Gasteiger partial charge in [-0.2, -0.15) is 0 Å². The third-order valence-corrected chi connectivity index (χ3v) is 17.4. The first-order valence-corrected chi connectivity index (χ1v) is 23.0. The maximum absolute atomic E-state index is 5.34. The Morgan fingerprint density at radius 1 is 0.344 bits per heavy atom. The Morgan fingerprint density at radius 2 is 0.754 bits per heavy atom. The maximum atomic E-state index is 5.34. The summed E-state index contributed by atoms with van der Waals surface area (Å²) < 4.78 is 2.24. The molecule has 0 bridgehead atoms. The molecule has 0 N–H and O–H groups in total. The van der Waals surface area contributed by atoms with E-state index in [4.69, 9.17) is 4.98 Å². The lowest BCUT2D eigenvalue weighted by Crippen LogP contribution is -2.74. The molecule has 288 valence electrons. The van der Waals surface area contributed by atoms with Crippen LogP contribution in [0.15, 0.2) is 237 Å². The van der Waals surface area contributed by atoms with Crippen LogP contribution in [0.4, 0.5) is 0 Å². The van der Waals surface area contributed by atoms with Crippen molar-refractivity contribution in [3.63, 3.8) is 0 Å². The van der Waals surface area contributed by atoms with Gasteiger partial charge >= 0.3 is 0 Å². The second-order valence-corrected chi connectivity index (χ2v) is 19.7. The summed E-state index contributed by atoms with van der Waals surface area (Å²) in [5.74, 6) is 0.950. The van der Waals surface area contributed by atoms with Crippen molar-refractivity contribution in [2.75, 3.05) is 0 Å². The molecule has 0 amide bonds. The van der Waals surface area contributed by atoms with Crippen LogP contribution in [0.25, 0.3) is 77.3 Å². The van der Waals surface area contributed by atoms with Crippen molar-refractivity contribution in [1.82, 2.24) is 9.55 Å². The van der Waals surface area contributed by atoms with E-state index in [1.165, 1.54) is 75.7 Å². The molecule has 0 atom stereocenters. The van der Waals surface area contributed by atoms with Gasteiger partial charge < -0.3 is 4.57 Å². The Labute approximate surface area is 357 Å². The van der Waals surface area contributed by atoms with Gasteiger partial charge in [0.25, 0.3) is 0 Å². The van der Waals surface area contributed by atoms with E-state index in [1.807, 2.05) is 0 Å². The predicted octanol–water partition coefficient (Wildman–Crippen LogP) is 11.9. The molecule has 11 aromatic rings. The number of nitrogens with zero attached hydrogens (tertiary/aromatic N) is 2. The van der Waals surface area contributed by atoms with Crippen LogP contribution in [-0.2, 0) is 7.05 Å². The van der Waals surface area contributed by atoms with Crippen LogP contribution < -0.4 is 20.7 Å². The van der Waals surface area contributed by atoms with Crippen LogP contribution >= 0.6 is 0 Å². The Morgan fingerprint density at radius 3 is 1.28 bits per heavy atom. The SMILES string of the molecule is Cn1c(-c2ccccc2-c2c3ccccc3c(-c3ccc([Si](c4ccccc4)(c4ccccc4)c4ccccc4)cc3)c3ccccc23)nc2cc(-c3ccccc3)ccc21. The van der Waals surface area contributed by atoms with Crippen LogP contribution in [0.2, 0.25) is 0 Å². The van der Waals surface area contributed by atoms with Crippen LogP contribution in [0.5, 0.6) is 0 Å². The molecule has 11 rings (SSSR count). The zero-order valence-electron chi connectivity index (χ0n) is 33.9. The summed E-state index contributed by atoms with van der Waals surface area (Å²) >= 11 is 0. The molecule has 0 unspecified atom stereocenters. The molecule has 0 saturated carbocycles. The minimum atomic E-state index is -2.67. The van der Waals surface area contributed by atoms with E-state index in [0.29, 0.717) is 0 Å². The van der Waals surface area contributed by atoms with Crippen molar-refractivity contribution < 1.29 is 0 Å². The van der Waals surface area contributed by atoms with Crippen molar-refractivity contribution in [3.05, 3.63) is 237 Å². The Bertz CT molecular complexity index is 3190. The summed E-state index contributed by atoms with van der Waals surface area (Å²) in [6, 6.07) is 86.9. The van der Waals surface area contributed by atoms with E-state index in [2.05, 4.69) is 248 Å². The molecular weight excluding hydrogens is 753 g/mol.